The molecule has 1 N–H and O–H groups in total. The molecule has 0 saturated carbocycles. The third-order valence-electron chi connectivity index (χ3n) is 4.32. The summed E-state index contributed by atoms with van der Waals surface area (Å²) in [7, 11) is -3.62. The van der Waals surface area contributed by atoms with Crippen molar-refractivity contribution < 1.29 is 13.2 Å². The van der Waals surface area contributed by atoms with Crippen LogP contribution in [-0.2, 0) is 23.0 Å². The molecule has 1 unspecified atom stereocenters. The summed E-state index contributed by atoms with van der Waals surface area (Å²) in [6.07, 6.45) is 3.42. The Labute approximate surface area is 152 Å². The number of hydrogen-bond acceptors (Lipinski definition) is 4. The summed E-state index contributed by atoms with van der Waals surface area (Å²) in [6, 6.07) is 17.5. The molecule has 134 valence electrons. The van der Waals surface area contributed by atoms with Gasteiger partial charge in [0.25, 0.3) is 0 Å². The summed E-state index contributed by atoms with van der Waals surface area (Å²) >= 11 is 0. The predicted octanol–water partition coefficient (Wildman–Crippen LogP) is 2.21. The minimum atomic E-state index is -3.62. The molecule has 3 aromatic rings. The summed E-state index contributed by atoms with van der Waals surface area (Å²) < 4.78 is 35.0. The Bertz CT molecular complexity index is 975. The molecule has 0 radical (unpaired) electrons. The number of nitrogens with one attached hydrogen (secondary N) is 1. The molecule has 0 fully saturated rings. The van der Waals surface area contributed by atoms with Crippen molar-refractivity contribution in [3.05, 3.63) is 78.1 Å². The third-order valence-corrected chi connectivity index (χ3v) is 5.70. The first-order chi connectivity index (χ1) is 12.6. The van der Waals surface area contributed by atoms with Gasteiger partial charge in [-0.3, -0.25) is 4.68 Å². The number of benzene rings is 2. The number of para-hydroxylation sites is 1. The number of sulfonamides is 1. The standard InChI is InChI=1S/C19H19N3O3S/c23-26(24,21-11-17-10-16-8-4-5-9-19(16)25-17)18-12-20-22(14-18)13-15-6-2-1-3-7-15/h1-9,12,14,17,21H,10-11,13H2. The number of hydrogen-bond donors (Lipinski definition) is 1. The van der Waals surface area contributed by atoms with E-state index in [1.807, 2.05) is 54.6 Å². The van der Waals surface area contributed by atoms with Crippen LogP contribution in [-0.4, -0.2) is 30.8 Å². The molecule has 0 saturated heterocycles. The fourth-order valence-corrected chi connectivity index (χ4v) is 4.01. The second kappa shape index (κ2) is 6.93. The monoisotopic (exact) mass is 369 g/mol. The van der Waals surface area contributed by atoms with Gasteiger partial charge in [0.2, 0.25) is 10.0 Å². The van der Waals surface area contributed by atoms with Gasteiger partial charge in [-0.15, -0.1) is 0 Å². The summed E-state index contributed by atoms with van der Waals surface area (Å²) in [5.41, 5.74) is 2.16. The fraction of sp³-hybridized carbons (Fsp3) is 0.211. The maximum absolute atomic E-state index is 12.5. The second-order valence-electron chi connectivity index (χ2n) is 6.26. The lowest BCUT2D eigenvalue weighted by atomic mass is 10.1. The quantitative estimate of drug-likeness (QED) is 0.723. The normalized spacial score (nSPS) is 16.2. The van der Waals surface area contributed by atoms with Gasteiger partial charge in [-0.05, 0) is 17.2 Å². The molecular formula is C19H19N3O3S. The van der Waals surface area contributed by atoms with Crippen LogP contribution in [0.25, 0.3) is 0 Å². The van der Waals surface area contributed by atoms with Gasteiger partial charge in [-0.25, -0.2) is 13.1 Å². The maximum atomic E-state index is 12.5. The van der Waals surface area contributed by atoms with Crippen LogP contribution in [0.2, 0.25) is 0 Å². The van der Waals surface area contributed by atoms with E-state index in [2.05, 4.69) is 9.82 Å². The Kier molecular flexibility index (Phi) is 4.48. The fourth-order valence-electron chi connectivity index (χ4n) is 2.99. The van der Waals surface area contributed by atoms with Crippen molar-refractivity contribution in [3.8, 4) is 5.75 Å². The molecule has 0 amide bonds. The smallest absolute Gasteiger partial charge is 0.243 e. The molecule has 1 atom stereocenters. The van der Waals surface area contributed by atoms with Gasteiger partial charge in [-0.2, -0.15) is 5.10 Å². The van der Waals surface area contributed by atoms with E-state index >= 15 is 0 Å². The first kappa shape index (κ1) is 16.8. The number of aromatic nitrogens is 2. The van der Waals surface area contributed by atoms with Crippen molar-refractivity contribution >= 4 is 10.0 Å². The minimum Gasteiger partial charge on any atom is -0.488 e. The number of nitrogens with zero attached hydrogens (tertiary/aromatic N) is 2. The topological polar surface area (TPSA) is 73.2 Å². The SMILES string of the molecule is O=S(=O)(NCC1Cc2ccccc2O1)c1cnn(Cc2ccccc2)c1. The highest BCUT2D eigenvalue weighted by Crippen LogP contribution is 2.27. The van der Waals surface area contributed by atoms with Crippen molar-refractivity contribution in [1.82, 2.24) is 14.5 Å². The van der Waals surface area contributed by atoms with Crippen LogP contribution in [0.3, 0.4) is 0 Å². The van der Waals surface area contributed by atoms with Crippen LogP contribution in [0, 0.1) is 0 Å². The highest BCUT2D eigenvalue weighted by atomic mass is 32.2. The zero-order valence-electron chi connectivity index (χ0n) is 14.1. The number of fused-ring (bicyclic) bond motifs is 1. The van der Waals surface area contributed by atoms with E-state index in [0.29, 0.717) is 13.0 Å². The molecule has 1 aliphatic heterocycles. The zero-order chi connectivity index (χ0) is 18.0. The van der Waals surface area contributed by atoms with Crippen molar-refractivity contribution in [2.24, 2.45) is 0 Å². The Balaban J connectivity index is 1.38. The van der Waals surface area contributed by atoms with Crippen LogP contribution in [0.4, 0.5) is 0 Å². The van der Waals surface area contributed by atoms with Crippen LogP contribution in [0.5, 0.6) is 5.75 Å². The first-order valence-corrected chi connectivity index (χ1v) is 9.89. The summed E-state index contributed by atoms with van der Waals surface area (Å²) in [6.45, 7) is 0.748. The molecule has 0 bridgehead atoms. The Morgan fingerprint density at radius 1 is 1.12 bits per heavy atom. The lowest BCUT2D eigenvalue weighted by Gasteiger charge is -2.11. The van der Waals surface area contributed by atoms with E-state index in [4.69, 9.17) is 4.74 Å². The third kappa shape index (κ3) is 3.63. The molecule has 2 aromatic carbocycles. The van der Waals surface area contributed by atoms with Gasteiger partial charge in [0.05, 0.1) is 12.7 Å². The minimum absolute atomic E-state index is 0.156. The maximum Gasteiger partial charge on any atom is 0.243 e. The largest absolute Gasteiger partial charge is 0.488 e. The Morgan fingerprint density at radius 3 is 2.69 bits per heavy atom. The highest BCUT2D eigenvalue weighted by Gasteiger charge is 2.25. The first-order valence-electron chi connectivity index (χ1n) is 8.41. The molecule has 7 heteroatoms. The lowest BCUT2D eigenvalue weighted by molar-refractivity contribution is 0.236. The van der Waals surface area contributed by atoms with Crippen LogP contribution < -0.4 is 9.46 Å². The highest BCUT2D eigenvalue weighted by molar-refractivity contribution is 7.89. The average Bonchev–Trinajstić information content (AvgIpc) is 3.28. The predicted molar refractivity (Wildman–Crippen MR) is 97.5 cm³/mol. The Hall–Kier alpha value is -2.64. The molecule has 4 rings (SSSR count). The molecule has 6 nitrogen and oxygen atoms in total. The van der Waals surface area contributed by atoms with E-state index in [9.17, 15) is 8.42 Å². The molecule has 1 aliphatic rings. The van der Waals surface area contributed by atoms with Crippen LogP contribution >= 0.6 is 0 Å². The summed E-state index contributed by atoms with van der Waals surface area (Å²) in [4.78, 5) is 0.156. The van der Waals surface area contributed by atoms with Crippen LogP contribution in [0.1, 0.15) is 11.1 Å². The molecule has 0 spiro atoms. The van der Waals surface area contributed by atoms with Gasteiger partial charge in [0.15, 0.2) is 0 Å². The average molecular weight is 369 g/mol. The molecule has 1 aromatic heterocycles. The summed E-state index contributed by atoms with van der Waals surface area (Å²) in [5, 5.41) is 4.16. The summed E-state index contributed by atoms with van der Waals surface area (Å²) in [5.74, 6) is 0.826. The van der Waals surface area contributed by atoms with E-state index in [-0.39, 0.29) is 17.5 Å². The van der Waals surface area contributed by atoms with Gasteiger partial charge in [0, 0.05) is 19.2 Å². The second-order valence-corrected chi connectivity index (χ2v) is 8.03. The number of ether oxygens (including phenoxy) is 1. The van der Waals surface area contributed by atoms with Gasteiger partial charge >= 0.3 is 0 Å². The van der Waals surface area contributed by atoms with Crippen molar-refractivity contribution in [2.45, 2.75) is 24.0 Å². The van der Waals surface area contributed by atoms with Gasteiger partial charge in [0.1, 0.15) is 16.7 Å². The van der Waals surface area contributed by atoms with E-state index < -0.39 is 10.0 Å². The molecule has 0 aliphatic carbocycles. The van der Waals surface area contributed by atoms with E-state index in [0.717, 1.165) is 16.9 Å². The van der Waals surface area contributed by atoms with Crippen LogP contribution in [0.15, 0.2) is 71.9 Å². The van der Waals surface area contributed by atoms with E-state index in [1.165, 1.54) is 6.20 Å². The van der Waals surface area contributed by atoms with Crippen molar-refractivity contribution in [3.63, 3.8) is 0 Å². The van der Waals surface area contributed by atoms with Crippen molar-refractivity contribution in [1.29, 1.82) is 0 Å². The van der Waals surface area contributed by atoms with Gasteiger partial charge in [-0.1, -0.05) is 48.5 Å². The number of rotatable bonds is 6. The zero-order valence-corrected chi connectivity index (χ0v) is 14.9. The molecule has 26 heavy (non-hydrogen) atoms. The molecular weight excluding hydrogens is 350 g/mol. The molecule has 2 heterocycles. The van der Waals surface area contributed by atoms with Gasteiger partial charge < -0.3 is 4.74 Å². The van der Waals surface area contributed by atoms with Crippen molar-refractivity contribution in [2.75, 3.05) is 6.54 Å². The lowest BCUT2D eigenvalue weighted by Crippen LogP contribution is -2.34. The Morgan fingerprint density at radius 2 is 1.88 bits per heavy atom. The van der Waals surface area contributed by atoms with E-state index in [1.54, 1.807) is 10.9 Å².